The van der Waals surface area contributed by atoms with Crippen LogP contribution >= 0.6 is 0 Å². The van der Waals surface area contributed by atoms with Crippen molar-refractivity contribution in [1.82, 2.24) is 0 Å². The number of carbonyl (C=O) groups is 2. The van der Waals surface area contributed by atoms with E-state index in [0.717, 1.165) is 55.0 Å². The standard InChI is InChI=1S/C35H54O3Si/c1-35(2,39(38,33-25-17-13-18-26-33)34-27-19-14-20-28-34)31-32(23-15-9-5-3-7-11-21-29-36)24-16-10-6-4-8-12-22-30-37/h13-14,17-20,25-30,32,38H,3-12,15-16,21-24,31H2,1-2H3. The Bertz CT molecular complexity index is 833. The van der Waals surface area contributed by atoms with E-state index in [9.17, 15) is 14.4 Å². The number of benzene rings is 2. The summed E-state index contributed by atoms with van der Waals surface area (Å²) in [6.07, 6.45) is 21.3. The highest BCUT2D eigenvalue weighted by Gasteiger charge is 2.50. The van der Waals surface area contributed by atoms with Gasteiger partial charge in [-0.05, 0) is 40.6 Å². The molecule has 0 unspecified atom stereocenters. The summed E-state index contributed by atoms with van der Waals surface area (Å²) in [5, 5.41) is 2.00. The summed E-state index contributed by atoms with van der Waals surface area (Å²) in [5.74, 6) is 0.608. The quantitative estimate of drug-likeness (QED) is 0.0862. The molecule has 0 atom stereocenters. The first-order chi connectivity index (χ1) is 19.0. The van der Waals surface area contributed by atoms with E-state index in [4.69, 9.17) is 0 Å². The van der Waals surface area contributed by atoms with Crippen LogP contribution < -0.4 is 10.4 Å². The van der Waals surface area contributed by atoms with E-state index >= 15 is 0 Å². The Morgan fingerprint density at radius 2 is 0.974 bits per heavy atom. The van der Waals surface area contributed by atoms with Gasteiger partial charge in [0, 0.05) is 12.8 Å². The van der Waals surface area contributed by atoms with Gasteiger partial charge in [-0.1, -0.05) is 152 Å². The highest BCUT2D eigenvalue weighted by molar-refractivity contribution is 6.98. The zero-order valence-electron chi connectivity index (χ0n) is 24.8. The molecule has 0 spiro atoms. The third-order valence-electron chi connectivity index (χ3n) is 8.53. The molecule has 0 aromatic heterocycles. The lowest BCUT2D eigenvalue weighted by Gasteiger charge is -2.43. The van der Waals surface area contributed by atoms with Gasteiger partial charge in [-0.3, -0.25) is 0 Å². The summed E-state index contributed by atoms with van der Waals surface area (Å²) in [5.41, 5.74) is 0. The van der Waals surface area contributed by atoms with Gasteiger partial charge in [-0.2, -0.15) is 0 Å². The van der Waals surface area contributed by atoms with Crippen LogP contribution in [0.1, 0.15) is 123 Å². The van der Waals surface area contributed by atoms with Crippen molar-refractivity contribution in [3.05, 3.63) is 60.7 Å². The molecule has 2 rings (SSSR count). The van der Waals surface area contributed by atoms with Gasteiger partial charge in [-0.15, -0.1) is 0 Å². The van der Waals surface area contributed by atoms with Gasteiger partial charge in [0.15, 0.2) is 0 Å². The van der Waals surface area contributed by atoms with Crippen molar-refractivity contribution in [2.24, 2.45) is 5.92 Å². The van der Waals surface area contributed by atoms with Crippen LogP contribution in [-0.2, 0) is 9.59 Å². The van der Waals surface area contributed by atoms with Crippen molar-refractivity contribution in [2.45, 2.75) is 128 Å². The molecule has 0 fully saturated rings. The molecule has 0 aliphatic heterocycles. The van der Waals surface area contributed by atoms with Gasteiger partial charge < -0.3 is 14.4 Å². The van der Waals surface area contributed by atoms with Crippen molar-refractivity contribution in [2.75, 3.05) is 0 Å². The fraction of sp³-hybridized carbons (Fsp3) is 0.600. The molecule has 0 aliphatic carbocycles. The Hall–Kier alpha value is -2.04. The minimum atomic E-state index is -3.00. The maximum absolute atomic E-state index is 12.6. The second-order valence-corrected chi connectivity index (χ2v) is 16.1. The van der Waals surface area contributed by atoms with E-state index in [1.165, 1.54) is 64.2 Å². The third-order valence-corrected chi connectivity index (χ3v) is 13.0. The lowest BCUT2D eigenvalue weighted by molar-refractivity contribution is -0.108. The zero-order valence-corrected chi connectivity index (χ0v) is 25.8. The van der Waals surface area contributed by atoms with Crippen molar-refractivity contribution < 1.29 is 14.4 Å². The first-order valence-corrected chi connectivity index (χ1v) is 17.6. The van der Waals surface area contributed by atoms with Crippen molar-refractivity contribution >= 4 is 31.3 Å². The average molecular weight is 551 g/mol. The van der Waals surface area contributed by atoms with Gasteiger partial charge in [0.25, 0.3) is 8.32 Å². The van der Waals surface area contributed by atoms with Gasteiger partial charge in [0.05, 0.1) is 0 Å². The lowest BCUT2D eigenvalue weighted by Crippen LogP contribution is -2.65. The predicted molar refractivity (Wildman–Crippen MR) is 168 cm³/mol. The highest BCUT2D eigenvalue weighted by atomic mass is 28.4. The van der Waals surface area contributed by atoms with E-state index in [1.54, 1.807) is 0 Å². The van der Waals surface area contributed by atoms with E-state index in [0.29, 0.717) is 18.8 Å². The number of rotatable bonds is 23. The number of unbranched alkanes of at least 4 members (excludes halogenated alkanes) is 12. The molecule has 0 saturated carbocycles. The van der Waals surface area contributed by atoms with E-state index in [2.05, 4.69) is 62.4 Å². The second kappa shape index (κ2) is 19.1. The summed E-state index contributed by atoms with van der Waals surface area (Å²) in [6, 6.07) is 20.9. The smallest absolute Gasteiger partial charge is 0.258 e. The topological polar surface area (TPSA) is 54.4 Å². The SMILES string of the molecule is CC(C)(CC(CCCCCCCCC=O)CCCCCCCCC=O)[Si](O)(c1ccccc1)c1ccccc1. The Labute approximate surface area is 240 Å². The predicted octanol–water partition coefficient (Wildman–Crippen LogP) is 8.16. The molecule has 0 aliphatic rings. The molecule has 3 nitrogen and oxygen atoms in total. The molecule has 216 valence electrons. The molecule has 0 heterocycles. The normalized spacial score (nSPS) is 12.1. The van der Waals surface area contributed by atoms with Crippen LogP contribution in [0.4, 0.5) is 0 Å². The van der Waals surface area contributed by atoms with Crippen LogP contribution in [-0.4, -0.2) is 25.7 Å². The lowest BCUT2D eigenvalue weighted by atomic mass is 9.87. The molecule has 0 bridgehead atoms. The number of hydrogen-bond donors (Lipinski definition) is 1. The molecule has 39 heavy (non-hydrogen) atoms. The van der Waals surface area contributed by atoms with Gasteiger partial charge >= 0.3 is 0 Å². The summed E-state index contributed by atoms with van der Waals surface area (Å²) >= 11 is 0. The molecule has 2 aromatic carbocycles. The van der Waals surface area contributed by atoms with Crippen LogP contribution in [0, 0.1) is 5.92 Å². The molecule has 0 saturated heterocycles. The monoisotopic (exact) mass is 550 g/mol. The number of hydrogen-bond acceptors (Lipinski definition) is 3. The molecule has 2 aromatic rings. The van der Waals surface area contributed by atoms with Crippen molar-refractivity contribution in [1.29, 1.82) is 0 Å². The maximum Gasteiger partial charge on any atom is 0.258 e. The third kappa shape index (κ3) is 11.5. The van der Waals surface area contributed by atoms with Crippen LogP contribution in [0.25, 0.3) is 0 Å². The fourth-order valence-electron chi connectivity index (χ4n) is 6.26. The Morgan fingerprint density at radius 3 is 1.36 bits per heavy atom. The summed E-state index contributed by atoms with van der Waals surface area (Å²) in [7, 11) is -3.00. The zero-order chi connectivity index (χ0) is 28.2. The van der Waals surface area contributed by atoms with E-state index in [1.807, 2.05) is 12.1 Å². The van der Waals surface area contributed by atoms with Crippen LogP contribution in [0.3, 0.4) is 0 Å². The van der Waals surface area contributed by atoms with E-state index in [-0.39, 0.29) is 5.04 Å². The van der Waals surface area contributed by atoms with Crippen molar-refractivity contribution in [3.63, 3.8) is 0 Å². The second-order valence-electron chi connectivity index (χ2n) is 12.1. The molecule has 4 heteroatoms. The van der Waals surface area contributed by atoms with E-state index < -0.39 is 8.32 Å². The molecule has 1 N–H and O–H groups in total. The minimum absolute atomic E-state index is 0.204. The number of aldehydes is 2. The summed E-state index contributed by atoms with van der Waals surface area (Å²) in [4.78, 5) is 33.7. The Kier molecular flexibility index (Phi) is 16.2. The Balaban J connectivity index is 2.06. The highest BCUT2D eigenvalue weighted by Crippen LogP contribution is 2.43. The summed E-state index contributed by atoms with van der Waals surface area (Å²) < 4.78 is 0. The summed E-state index contributed by atoms with van der Waals surface area (Å²) in [6.45, 7) is 4.62. The van der Waals surface area contributed by atoms with Crippen molar-refractivity contribution in [3.8, 4) is 0 Å². The minimum Gasteiger partial charge on any atom is -0.424 e. The van der Waals surface area contributed by atoms with Gasteiger partial charge in [-0.25, -0.2) is 0 Å². The molecular weight excluding hydrogens is 496 g/mol. The Morgan fingerprint density at radius 1 is 0.615 bits per heavy atom. The first kappa shape index (κ1) is 33.2. The molecule has 0 amide bonds. The average Bonchev–Trinajstić information content (AvgIpc) is 2.96. The van der Waals surface area contributed by atoms with Gasteiger partial charge in [0.2, 0.25) is 0 Å². The maximum atomic E-state index is 12.6. The van der Waals surface area contributed by atoms with Crippen LogP contribution in [0.15, 0.2) is 60.7 Å². The number of carbonyl (C=O) groups excluding carboxylic acids is 2. The van der Waals surface area contributed by atoms with Crippen LogP contribution in [0.2, 0.25) is 5.04 Å². The molecule has 0 radical (unpaired) electrons. The van der Waals surface area contributed by atoms with Crippen LogP contribution in [0.5, 0.6) is 0 Å². The largest absolute Gasteiger partial charge is 0.424 e. The van der Waals surface area contributed by atoms with Gasteiger partial charge in [0.1, 0.15) is 12.6 Å². The molecular formula is C35H54O3Si. The first-order valence-electron chi connectivity index (χ1n) is 15.7. The fourth-order valence-corrected chi connectivity index (χ4v) is 10.1.